The summed E-state index contributed by atoms with van der Waals surface area (Å²) in [6, 6.07) is 8.54. The van der Waals surface area contributed by atoms with Gasteiger partial charge in [0.05, 0.1) is 6.54 Å². The molecule has 1 saturated carbocycles. The van der Waals surface area contributed by atoms with Crippen molar-refractivity contribution < 1.29 is 0 Å². The molecule has 0 aromatic heterocycles. The third kappa shape index (κ3) is 4.40. The van der Waals surface area contributed by atoms with Crippen molar-refractivity contribution in [1.82, 2.24) is 0 Å². The summed E-state index contributed by atoms with van der Waals surface area (Å²) in [5.74, 6) is 7.12. The van der Waals surface area contributed by atoms with E-state index in [1.807, 2.05) is 0 Å². The van der Waals surface area contributed by atoms with Gasteiger partial charge in [0, 0.05) is 16.6 Å². The maximum atomic E-state index is 5.39. The van der Waals surface area contributed by atoms with Crippen LogP contribution in [0.5, 0.6) is 0 Å². The second kappa shape index (κ2) is 7.51. The molecule has 1 fully saturated rings. The summed E-state index contributed by atoms with van der Waals surface area (Å²) >= 11 is 2.11. The summed E-state index contributed by atoms with van der Waals surface area (Å²) in [7, 11) is 0. The van der Waals surface area contributed by atoms with E-state index < -0.39 is 0 Å². The van der Waals surface area contributed by atoms with Crippen LogP contribution in [-0.2, 0) is 5.75 Å². The largest absolute Gasteiger partial charge is 0.320 e. The van der Waals surface area contributed by atoms with Crippen LogP contribution >= 0.6 is 11.8 Å². The first kappa shape index (κ1) is 13.5. The number of hydrogen-bond donors (Lipinski definition) is 1. The molecular formula is C16H21NS. The summed E-state index contributed by atoms with van der Waals surface area (Å²) in [5.41, 5.74) is 7.86. The van der Waals surface area contributed by atoms with Crippen molar-refractivity contribution in [3.63, 3.8) is 0 Å². The van der Waals surface area contributed by atoms with Crippen molar-refractivity contribution >= 4 is 11.8 Å². The molecule has 0 saturated heterocycles. The Kier molecular flexibility index (Phi) is 5.64. The highest BCUT2D eigenvalue weighted by Gasteiger charge is 2.13. The van der Waals surface area contributed by atoms with E-state index in [0.717, 1.165) is 16.6 Å². The molecular weight excluding hydrogens is 238 g/mol. The van der Waals surface area contributed by atoms with Gasteiger partial charge in [0.15, 0.2) is 0 Å². The van der Waals surface area contributed by atoms with E-state index in [-0.39, 0.29) is 0 Å². The highest BCUT2D eigenvalue weighted by molar-refractivity contribution is 7.99. The Hall–Kier alpha value is -0.910. The van der Waals surface area contributed by atoms with Gasteiger partial charge in [-0.25, -0.2) is 0 Å². The average Bonchev–Trinajstić information content (AvgIpc) is 2.44. The molecule has 1 aliphatic carbocycles. The van der Waals surface area contributed by atoms with Crippen LogP contribution in [0.2, 0.25) is 0 Å². The van der Waals surface area contributed by atoms with E-state index in [4.69, 9.17) is 5.73 Å². The molecule has 2 heteroatoms. The van der Waals surface area contributed by atoms with Crippen LogP contribution in [0.4, 0.5) is 0 Å². The minimum atomic E-state index is 0.432. The van der Waals surface area contributed by atoms with Gasteiger partial charge < -0.3 is 5.73 Å². The SMILES string of the molecule is NCC#Cc1cccc(CSC2CCCCC2)c1. The third-order valence-electron chi connectivity index (χ3n) is 3.30. The second-order valence-corrected chi connectivity index (χ2v) is 6.07. The Morgan fingerprint density at radius 1 is 1.22 bits per heavy atom. The Balaban J connectivity index is 1.88. The lowest BCUT2D eigenvalue weighted by molar-refractivity contribution is 0.516. The molecule has 2 rings (SSSR count). The van der Waals surface area contributed by atoms with Crippen molar-refractivity contribution in [3.05, 3.63) is 35.4 Å². The molecule has 1 aromatic carbocycles. The van der Waals surface area contributed by atoms with Gasteiger partial charge in [-0.3, -0.25) is 0 Å². The van der Waals surface area contributed by atoms with Gasteiger partial charge in [-0.2, -0.15) is 11.8 Å². The lowest BCUT2D eigenvalue weighted by Gasteiger charge is -2.20. The van der Waals surface area contributed by atoms with Crippen LogP contribution in [-0.4, -0.2) is 11.8 Å². The van der Waals surface area contributed by atoms with E-state index >= 15 is 0 Å². The lowest BCUT2D eigenvalue weighted by atomic mass is 10.0. The van der Waals surface area contributed by atoms with E-state index in [0.29, 0.717) is 6.54 Å². The van der Waals surface area contributed by atoms with E-state index in [9.17, 15) is 0 Å². The average molecular weight is 259 g/mol. The second-order valence-electron chi connectivity index (χ2n) is 4.78. The molecule has 0 aliphatic heterocycles. The summed E-state index contributed by atoms with van der Waals surface area (Å²) in [5, 5.41) is 0.873. The van der Waals surface area contributed by atoms with Crippen LogP contribution in [0.3, 0.4) is 0 Å². The van der Waals surface area contributed by atoms with Crippen molar-refractivity contribution in [1.29, 1.82) is 0 Å². The number of rotatable bonds is 3. The molecule has 0 bridgehead atoms. The molecule has 1 aliphatic rings. The fourth-order valence-corrected chi connectivity index (χ4v) is 3.61. The monoisotopic (exact) mass is 259 g/mol. The van der Waals surface area contributed by atoms with Gasteiger partial charge in [0.2, 0.25) is 0 Å². The normalized spacial score (nSPS) is 16.1. The molecule has 0 atom stereocenters. The van der Waals surface area contributed by atoms with Crippen LogP contribution in [0, 0.1) is 11.8 Å². The first-order valence-electron chi connectivity index (χ1n) is 6.78. The Bertz CT molecular complexity index is 424. The standard InChI is InChI=1S/C16H21NS/c17-11-5-8-14-6-4-7-15(12-14)13-18-16-9-2-1-3-10-16/h4,6-7,12,16H,1-3,9-11,13,17H2. The van der Waals surface area contributed by atoms with E-state index in [2.05, 4.69) is 47.9 Å². The van der Waals surface area contributed by atoms with Crippen molar-refractivity contribution in [3.8, 4) is 11.8 Å². The number of benzene rings is 1. The predicted octanol–water partition coefficient (Wildman–Crippen LogP) is 3.56. The molecule has 96 valence electrons. The summed E-state index contributed by atoms with van der Waals surface area (Å²) in [4.78, 5) is 0. The first-order valence-corrected chi connectivity index (χ1v) is 7.83. The van der Waals surface area contributed by atoms with E-state index in [1.54, 1.807) is 0 Å². The fourth-order valence-electron chi connectivity index (χ4n) is 2.34. The van der Waals surface area contributed by atoms with E-state index in [1.165, 1.54) is 37.7 Å². The Morgan fingerprint density at radius 2 is 2.06 bits per heavy atom. The molecule has 1 nitrogen and oxygen atoms in total. The molecule has 2 N–H and O–H groups in total. The summed E-state index contributed by atoms with van der Waals surface area (Å²) in [6.45, 7) is 0.432. The topological polar surface area (TPSA) is 26.0 Å². The number of hydrogen-bond acceptors (Lipinski definition) is 2. The van der Waals surface area contributed by atoms with Crippen LogP contribution in [0.15, 0.2) is 24.3 Å². The van der Waals surface area contributed by atoms with Gasteiger partial charge in [0.1, 0.15) is 0 Å². The summed E-state index contributed by atoms with van der Waals surface area (Å²) < 4.78 is 0. The van der Waals surface area contributed by atoms with Gasteiger partial charge >= 0.3 is 0 Å². The van der Waals surface area contributed by atoms with Crippen LogP contribution in [0.1, 0.15) is 43.2 Å². The predicted molar refractivity (Wildman–Crippen MR) is 80.5 cm³/mol. The lowest BCUT2D eigenvalue weighted by Crippen LogP contribution is -2.08. The smallest absolute Gasteiger partial charge is 0.0555 e. The Morgan fingerprint density at radius 3 is 2.83 bits per heavy atom. The van der Waals surface area contributed by atoms with Crippen molar-refractivity contribution in [2.24, 2.45) is 5.73 Å². The van der Waals surface area contributed by atoms with Crippen molar-refractivity contribution in [2.45, 2.75) is 43.1 Å². The first-order chi connectivity index (χ1) is 8.88. The molecule has 0 radical (unpaired) electrons. The highest BCUT2D eigenvalue weighted by atomic mass is 32.2. The van der Waals surface area contributed by atoms with Gasteiger partial charge in [-0.15, -0.1) is 0 Å². The van der Waals surface area contributed by atoms with Gasteiger partial charge in [-0.1, -0.05) is 43.2 Å². The Labute approximate surface area is 115 Å². The van der Waals surface area contributed by atoms with Crippen LogP contribution < -0.4 is 5.73 Å². The number of thioether (sulfide) groups is 1. The maximum absolute atomic E-state index is 5.39. The highest BCUT2D eigenvalue weighted by Crippen LogP contribution is 2.30. The molecule has 0 heterocycles. The maximum Gasteiger partial charge on any atom is 0.0555 e. The molecule has 0 unspecified atom stereocenters. The van der Waals surface area contributed by atoms with Gasteiger partial charge in [-0.05, 0) is 30.5 Å². The quantitative estimate of drug-likeness (QED) is 0.840. The molecule has 0 spiro atoms. The van der Waals surface area contributed by atoms with Crippen LogP contribution in [0.25, 0.3) is 0 Å². The molecule has 0 amide bonds. The summed E-state index contributed by atoms with van der Waals surface area (Å²) in [6.07, 6.45) is 7.06. The number of nitrogens with two attached hydrogens (primary N) is 1. The zero-order valence-electron chi connectivity index (χ0n) is 10.8. The zero-order valence-corrected chi connectivity index (χ0v) is 11.6. The third-order valence-corrected chi connectivity index (χ3v) is 4.74. The van der Waals surface area contributed by atoms with Crippen molar-refractivity contribution in [2.75, 3.05) is 6.54 Å². The molecule has 1 aromatic rings. The minimum absolute atomic E-state index is 0.432. The molecule has 18 heavy (non-hydrogen) atoms. The fraction of sp³-hybridized carbons (Fsp3) is 0.500. The minimum Gasteiger partial charge on any atom is -0.320 e. The zero-order chi connectivity index (χ0) is 12.6. The van der Waals surface area contributed by atoms with Gasteiger partial charge in [0.25, 0.3) is 0 Å².